The largest absolute Gasteiger partial charge is 0.492 e. The number of anilines is 1. The van der Waals surface area contributed by atoms with Gasteiger partial charge >= 0.3 is 0 Å². The number of benzene rings is 1. The van der Waals surface area contributed by atoms with Crippen LogP contribution in [0.5, 0.6) is 5.75 Å². The van der Waals surface area contributed by atoms with Crippen molar-refractivity contribution in [2.24, 2.45) is 5.92 Å². The lowest BCUT2D eigenvalue weighted by atomic mass is 10.1. The third-order valence-corrected chi connectivity index (χ3v) is 6.32. The molecule has 25 heavy (non-hydrogen) atoms. The molecule has 2 heterocycles. The quantitative estimate of drug-likeness (QED) is 0.838. The number of nitrogens with zero attached hydrogens (tertiary/aromatic N) is 3. The third-order valence-electron chi connectivity index (χ3n) is 5.24. The lowest BCUT2D eigenvalue weighted by Crippen LogP contribution is -2.50. The van der Waals surface area contributed by atoms with E-state index in [-0.39, 0.29) is 5.92 Å². The summed E-state index contributed by atoms with van der Waals surface area (Å²) in [6, 6.07) is 6.10. The minimum absolute atomic E-state index is 0.280. The van der Waals surface area contributed by atoms with Gasteiger partial charge < -0.3 is 14.5 Å². The van der Waals surface area contributed by atoms with Gasteiger partial charge in [0.25, 0.3) is 0 Å². The SMILES string of the molecule is CCOc1cccc2sc(N3CCN(C(=O)C4CCCC4)CC3)nc12. The second-order valence-corrected chi connectivity index (χ2v) is 7.84. The Kier molecular flexibility index (Phi) is 4.79. The van der Waals surface area contributed by atoms with Crippen molar-refractivity contribution in [3.63, 3.8) is 0 Å². The summed E-state index contributed by atoms with van der Waals surface area (Å²) >= 11 is 1.71. The maximum atomic E-state index is 12.6. The molecule has 1 aromatic carbocycles. The Morgan fingerprint density at radius 2 is 2.00 bits per heavy atom. The zero-order valence-corrected chi connectivity index (χ0v) is 15.6. The van der Waals surface area contributed by atoms with Gasteiger partial charge in [-0.05, 0) is 31.9 Å². The van der Waals surface area contributed by atoms with E-state index < -0.39 is 0 Å². The molecule has 1 aromatic heterocycles. The normalized spacial score (nSPS) is 18.9. The molecule has 5 nitrogen and oxygen atoms in total. The summed E-state index contributed by atoms with van der Waals surface area (Å²) < 4.78 is 6.86. The average molecular weight is 359 g/mol. The van der Waals surface area contributed by atoms with Gasteiger partial charge in [-0.2, -0.15) is 0 Å². The van der Waals surface area contributed by atoms with E-state index >= 15 is 0 Å². The molecule has 1 amide bonds. The van der Waals surface area contributed by atoms with Crippen molar-refractivity contribution in [1.29, 1.82) is 0 Å². The molecule has 1 saturated heterocycles. The molecule has 2 aliphatic rings. The van der Waals surface area contributed by atoms with Crippen molar-refractivity contribution in [3.05, 3.63) is 18.2 Å². The van der Waals surface area contributed by atoms with Gasteiger partial charge in [0.15, 0.2) is 5.13 Å². The molecule has 0 radical (unpaired) electrons. The number of para-hydroxylation sites is 1. The molecule has 0 spiro atoms. The summed E-state index contributed by atoms with van der Waals surface area (Å²) in [7, 11) is 0. The average Bonchev–Trinajstić information content (AvgIpc) is 3.32. The Hall–Kier alpha value is -1.82. The molecule has 134 valence electrons. The van der Waals surface area contributed by atoms with E-state index in [1.165, 1.54) is 12.8 Å². The van der Waals surface area contributed by atoms with Gasteiger partial charge in [-0.25, -0.2) is 4.98 Å². The summed E-state index contributed by atoms with van der Waals surface area (Å²) in [6.45, 7) is 5.98. The number of hydrogen-bond donors (Lipinski definition) is 0. The molecule has 0 bridgehead atoms. The fourth-order valence-corrected chi connectivity index (χ4v) is 4.90. The van der Waals surface area contributed by atoms with Gasteiger partial charge in [0.05, 0.1) is 11.3 Å². The van der Waals surface area contributed by atoms with Crippen molar-refractivity contribution in [1.82, 2.24) is 9.88 Å². The number of ether oxygens (including phenoxy) is 1. The highest BCUT2D eigenvalue weighted by atomic mass is 32.1. The number of fused-ring (bicyclic) bond motifs is 1. The minimum Gasteiger partial charge on any atom is -0.492 e. The van der Waals surface area contributed by atoms with Crippen LogP contribution in [0.3, 0.4) is 0 Å². The van der Waals surface area contributed by atoms with E-state index in [1.54, 1.807) is 11.3 Å². The number of aromatic nitrogens is 1. The molecule has 0 unspecified atom stereocenters. The fourth-order valence-electron chi connectivity index (χ4n) is 3.87. The topological polar surface area (TPSA) is 45.7 Å². The van der Waals surface area contributed by atoms with Crippen LogP contribution in [0.15, 0.2) is 18.2 Å². The van der Waals surface area contributed by atoms with E-state index in [0.29, 0.717) is 12.5 Å². The number of rotatable bonds is 4. The Morgan fingerprint density at radius 3 is 2.72 bits per heavy atom. The Labute approximate surface area is 152 Å². The first-order valence-corrected chi connectivity index (χ1v) is 10.1. The van der Waals surface area contributed by atoms with Crippen molar-refractivity contribution in [2.75, 3.05) is 37.7 Å². The van der Waals surface area contributed by atoms with Crippen molar-refractivity contribution in [2.45, 2.75) is 32.6 Å². The van der Waals surface area contributed by atoms with Crippen LogP contribution in [0.2, 0.25) is 0 Å². The lowest BCUT2D eigenvalue weighted by molar-refractivity contribution is -0.135. The monoisotopic (exact) mass is 359 g/mol. The van der Waals surface area contributed by atoms with Crippen LogP contribution in [0.4, 0.5) is 5.13 Å². The van der Waals surface area contributed by atoms with Crippen molar-refractivity contribution in [3.8, 4) is 5.75 Å². The molecule has 0 atom stereocenters. The predicted octanol–water partition coefficient (Wildman–Crippen LogP) is 3.53. The summed E-state index contributed by atoms with van der Waals surface area (Å²) in [6.07, 6.45) is 4.59. The Balaban J connectivity index is 1.44. The van der Waals surface area contributed by atoms with E-state index in [4.69, 9.17) is 9.72 Å². The first-order valence-electron chi connectivity index (χ1n) is 9.32. The molecule has 0 N–H and O–H groups in total. The van der Waals surface area contributed by atoms with Gasteiger partial charge in [0.1, 0.15) is 11.3 Å². The predicted molar refractivity (Wildman–Crippen MR) is 102 cm³/mol. The van der Waals surface area contributed by atoms with Crippen LogP contribution in [-0.2, 0) is 4.79 Å². The minimum atomic E-state index is 0.280. The first kappa shape index (κ1) is 16.6. The van der Waals surface area contributed by atoms with E-state index in [1.807, 2.05) is 19.1 Å². The Morgan fingerprint density at radius 1 is 1.24 bits per heavy atom. The number of thiazole rings is 1. The van der Waals surface area contributed by atoms with E-state index in [0.717, 1.165) is 60.1 Å². The first-order chi connectivity index (χ1) is 12.3. The fraction of sp³-hybridized carbons (Fsp3) is 0.579. The van der Waals surface area contributed by atoms with Crippen molar-refractivity contribution >= 4 is 32.6 Å². The molecule has 6 heteroatoms. The van der Waals surface area contributed by atoms with Crippen LogP contribution in [0.1, 0.15) is 32.6 Å². The molecule has 1 aliphatic carbocycles. The number of amides is 1. The van der Waals surface area contributed by atoms with Crippen LogP contribution in [0, 0.1) is 5.92 Å². The van der Waals surface area contributed by atoms with Gasteiger partial charge in [-0.15, -0.1) is 0 Å². The highest BCUT2D eigenvalue weighted by molar-refractivity contribution is 7.22. The molecule has 1 aliphatic heterocycles. The summed E-state index contributed by atoms with van der Waals surface area (Å²) in [4.78, 5) is 21.8. The standard InChI is InChI=1S/C19H25N3O2S/c1-2-24-15-8-5-9-16-17(15)20-19(25-16)22-12-10-21(11-13-22)18(23)14-6-3-4-7-14/h5,8-9,14H,2-4,6-7,10-13H2,1H3. The van der Waals surface area contributed by atoms with Crippen molar-refractivity contribution < 1.29 is 9.53 Å². The van der Waals surface area contributed by atoms with Crippen LogP contribution in [-0.4, -0.2) is 48.6 Å². The summed E-state index contributed by atoms with van der Waals surface area (Å²) in [5.74, 6) is 1.51. The van der Waals surface area contributed by atoms with Crippen LogP contribution < -0.4 is 9.64 Å². The zero-order chi connectivity index (χ0) is 17.2. The zero-order valence-electron chi connectivity index (χ0n) is 14.7. The second kappa shape index (κ2) is 7.20. The number of piperazine rings is 1. The van der Waals surface area contributed by atoms with E-state index in [9.17, 15) is 4.79 Å². The summed E-state index contributed by atoms with van der Waals surface area (Å²) in [5, 5.41) is 1.04. The highest BCUT2D eigenvalue weighted by Gasteiger charge is 2.30. The third kappa shape index (κ3) is 3.32. The highest BCUT2D eigenvalue weighted by Crippen LogP contribution is 2.35. The molecular formula is C19H25N3O2S. The van der Waals surface area contributed by atoms with Crippen LogP contribution in [0.25, 0.3) is 10.2 Å². The lowest BCUT2D eigenvalue weighted by Gasteiger charge is -2.35. The van der Waals surface area contributed by atoms with Gasteiger partial charge in [-0.1, -0.05) is 30.2 Å². The smallest absolute Gasteiger partial charge is 0.225 e. The van der Waals surface area contributed by atoms with Gasteiger partial charge in [0.2, 0.25) is 5.91 Å². The Bertz CT molecular complexity index is 746. The number of carbonyl (C=O) groups excluding carboxylic acids is 1. The maximum absolute atomic E-state index is 12.6. The van der Waals surface area contributed by atoms with E-state index in [2.05, 4.69) is 15.9 Å². The summed E-state index contributed by atoms with van der Waals surface area (Å²) in [5.41, 5.74) is 0.953. The molecule has 2 aromatic rings. The molecule has 1 saturated carbocycles. The molecule has 2 fully saturated rings. The van der Waals surface area contributed by atoms with Crippen LogP contribution >= 0.6 is 11.3 Å². The van der Waals surface area contributed by atoms with Gasteiger partial charge in [-0.3, -0.25) is 4.79 Å². The molecule has 4 rings (SSSR count). The second-order valence-electron chi connectivity index (χ2n) is 6.83. The number of carbonyl (C=O) groups is 1. The maximum Gasteiger partial charge on any atom is 0.225 e. The number of hydrogen-bond acceptors (Lipinski definition) is 5. The van der Waals surface area contributed by atoms with Gasteiger partial charge in [0, 0.05) is 32.1 Å². The molecular weight excluding hydrogens is 334 g/mol.